The highest BCUT2D eigenvalue weighted by Crippen LogP contribution is 2.25. The van der Waals surface area contributed by atoms with Gasteiger partial charge in [0.05, 0.1) is 0 Å². The van der Waals surface area contributed by atoms with E-state index in [1.807, 2.05) is 6.07 Å². The molecule has 0 atom stereocenters. The maximum atomic E-state index is 12.7. The van der Waals surface area contributed by atoms with E-state index in [1.54, 1.807) is 23.1 Å². The molecule has 0 unspecified atom stereocenters. The molecule has 1 saturated carbocycles. The van der Waals surface area contributed by atoms with Crippen LogP contribution in [0.15, 0.2) is 24.3 Å². The minimum absolute atomic E-state index is 0.0524. The number of nitrogens with zero attached hydrogens (tertiary/aromatic N) is 1. The molecule has 0 aromatic heterocycles. The second-order valence-electron chi connectivity index (χ2n) is 7.37. The number of likely N-dealkylation sites (tertiary alicyclic amines) is 1. The lowest BCUT2D eigenvalue weighted by molar-refractivity contribution is -0.123. The molecule has 6 heteroatoms. The first-order chi connectivity index (χ1) is 12.5. The highest BCUT2D eigenvalue weighted by Gasteiger charge is 2.27. The summed E-state index contributed by atoms with van der Waals surface area (Å²) >= 11 is 0. The molecule has 6 nitrogen and oxygen atoms in total. The molecule has 0 spiro atoms. The molecule has 1 aromatic rings. The number of rotatable bonds is 4. The van der Waals surface area contributed by atoms with Crippen LogP contribution in [-0.2, 0) is 9.59 Å². The fourth-order valence-electron chi connectivity index (χ4n) is 3.89. The van der Waals surface area contributed by atoms with Gasteiger partial charge in [-0.25, -0.2) is 0 Å². The van der Waals surface area contributed by atoms with Crippen LogP contribution < -0.4 is 11.1 Å². The normalized spacial score (nSPS) is 19.2. The molecular weight excluding hydrogens is 330 g/mol. The van der Waals surface area contributed by atoms with Gasteiger partial charge in [0, 0.05) is 36.2 Å². The smallest absolute Gasteiger partial charge is 0.253 e. The molecule has 0 bridgehead atoms. The predicted octanol–water partition coefficient (Wildman–Crippen LogP) is 2.54. The third-order valence-electron chi connectivity index (χ3n) is 5.54. The van der Waals surface area contributed by atoms with Crippen LogP contribution in [0.1, 0.15) is 55.3 Å². The number of benzene rings is 1. The second kappa shape index (κ2) is 8.34. The first-order valence-electron chi connectivity index (χ1n) is 9.54. The molecule has 2 aliphatic rings. The third-order valence-corrected chi connectivity index (χ3v) is 5.54. The summed E-state index contributed by atoms with van der Waals surface area (Å²) in [7, 11) is 0. The average Bonchev–Trinajstić information content (AvgIpc) is 2.68. The first kappa shape index (κ1) is 18.4. The molecule has 140 valence electrons. The molecule has 1 heterocycles. The summed E-state index contributed by atoms with van der Waals surface area (Å²) in [5.74, 6) is -0.362. The van der Waals surface area contributed by atoms with Gasteiger partial charge in [-0.05, 0) is 43.9 Å². The minimum atomic E-state index is -0.287. The number of anilines is 1. The number of hydrogen-bond donors (Lipinski definition) is 2. The Morgan fingerprint density at radius 1 is 0.962 bits per heavy atom. The van der Waals surface area contributed by atoms with E-state index in [-0.39, 0.29) is 29.6 Å². The van der Waals surface area contributed by atoms with Crippen molar-refractivity contribution in [1.82, 2.24) is 4.90 Å². The van der Waals surface area contributed by atoms with Crippen molar-refractivity contribution in [1.29, 1.82) is 0 Å². The van der Waals surface area contributed by atoms with Crippen LogP contribution in [0.4, 0.5) is 5.69 Å². The van der Waals surface area contributed by atoms with Crippen LogP contribution in [0.2, 0.25) is 0 Å². The third kappa shape index (κ3) is 4.42. The molecule has 1 aromatic carbocycles. The van der Waals surface area contributed by atoms with Crippen LogP contribution in [-0.4, -0.2) is 35.7 Å². The summed E-state index contributed by atoms with van der Waals surface area (Å²) in [6.07, 6.45) is 6.53. The predicted molar refractivity (Wildman–Crippen MR) is 99.5 cm³/mol. The Morgan fingerprint density at radius 3 is 2.31 bits per heavy atom. The van der Waals surface area contributed by atoms with Gasteiger partial charge < -0.3 is 16.0 Å². The van der Waals surface area contributed by atoms with E-state index in [2.05, 4.69) is 5.32 Å². The number of primary amides is 1. The zero-order valence-electron chi connectivity index (χ0n) is 15.1. The van der Waals surface area contributed by atoms with Crippen molar-refractivity contribution < 1.29 is 14.4 Å². The SMILES string of the molecule is NC(=O)C1CCN(C(=O)c2cccc(NC(=O)C3CCCCC3)c2)CC1. The Balaban J connectivity index is 1.60. The van der Waals surface area contributed by atoms with Crippen LogP contribution in [0, 0.1) is 11.8 Å². The zero-order chi connectivity index (χ0) is 18.5. The Bertz CT molecular complexity index is 675. The van der Waals surface area contributed by atoms with E-state index in [9.17, 15) is 14.4 Å². The summed E-state index contributed by atoms with van der Waals surface area (Å²) in [4.78, 5) is 38.1. The van der Waals surface area contributed by atoms with E-state index in [4.69, 9.17) is 5.73 Å². The zero-order valence-corrected chi connectivity index (χ0v) is 15.1. The molecule has 3 rings (SSSR count). The van der Waals surface area contributed by atoms with E-state index in [0.717, 1.165) is 25.7 Å². The monoisotopic (exact) mass is 357 g/mol. The number of carbonyl (C=O) groups excluding carboxylic acids is 3. The van der Waals surface area contributed by atoms with Crippen molar-refractivity contribution >= 4 is 23.4 Å². The fourth-order valence-corrected chi connectivity index (χ4v) is 3.89. The molecule has 1 saturated heterocycles. The second-order valence-corrected chi connectivity index (χ2v) is 7.37. The summed E-state index contributed by atoms with van der Waals surface area (Å²) < 4.78 is 0. The van der Waals surface area contributed by atoms with Gasteiger partial charge in [0.1, 0.15) is 0 Å². The molecule has 2 fully saturated rings. The molecule has 3 amide bonds. The van der Waals surface area contributed by atoms with Gasteiger partial charge in [-0.2, -0.15) is 0 Å². The highest BCUT2D eigenvalue weighted by atomic mass is 16.2. The molecule has 3 N–H and O–H groups in total. The summed E-state index contributed by atoms with van der Waals surface area (Å²) in [6.45, 7) is 1.07. The molecular formula is C20H27N3O3. The van der Waals surface area contributed by atoms with E-state index >= 15 is 0 Å². The van der Waals surface area contributed by atoms with Crippen molar-refractivity contribution in [2.75, 3.05) is 18.4 Å². The quantitative estimate of drug-likeness (QED) is 0.867. The van der Waals surface area contributed by atoms with Crippen molar-refractivity contribution in [3.8, 4) is 0 Å². The molecule has 1 aliphatic carbocycles. The topological polar surface area (TPSA) is 92.5 Å². The van der Waals surface area contributed by atoms with Crippen molar-refractivity contribution in [2.24, 2.45) is 17.6 Å². The summed E-state index contributed by atoms with van der Waals surface area (Å²) in [6, 6.07) is 7.11. The maximum Gasteiger partial charge on any atom is 0.253 e. The molecule has 0 radical (unpaired) electrons. The summed E-state index contributed by atoms with van der Waals surface area (Å²) in [5.41, 5.74) is 6.57. The van der Waals surface area contributed by atoms with Gasteiger partial charge in [0.15, 0.2) is 0 Å². The van der Waals surface area contributed by atoms with Gasteiger partial charge in [0.2, 0.25) is 11.8 Å². The number of amides is 3. The standard InChI is InChI=1S/C20H27N3O3/c21-18(24)14-9-11-23(12-10-14)20(26)16-7-4-8-17(13-16)22-19(25)15-5-2-1-3-6-15/h4,7-8,13-15H,1-3,5-6,9-12H2,(H2,21,24)(H,22,25). The van der Waals surface area contributed by atoms with Gasteiger partial charge in [0.25, 0.3) is 5.91 Å². The van der Waals surface area contributed by atoms with Gasteiger partial charge in [-0.15, -0.1) is 0 Å². The number of nitrogens with one attached hydrogen (secondary N) is 1. The Morgan fingerprint density at radius 2 is 1.65 bits per heavy atom. The minimum Gasteiger partial charge on any atom is -0.369 e. The Kier molecular flexibility index (Phi) is 5.91. The number of hydrogen-bond acceptors (Lipinski definition) is 3. The number of piperidine rings is 1. The van der Waals surface area contributed by atoms with Crippen molar-refractivity contribution in [3.63, 3.8) is 0 Å². The first-order valence-corrected chi connectivity index (χ1v) is 9.54. The van der Waals surface area contributed by atoms with Crippen LogP contribution in [0.3, 0.4) is 0 Å². The van der Waals surface area contributed by atoms with E-state index < -0.39 is 0 Å². The Hall–Kier alpha value is -2.37. The number of carbonyl (C=O) groups is 3. The maximum absolute atomic E-state index is 12.7. The highest BCUT2D eigenvalue weighted by molar-refractivity contribution is 5.97. The largest absolute Gasteiger partial charge is 0.369 e. The Labute approximate surface area is 154 Å². The lowest BCUT2D eigenvalue weighted by Crippen LogP contribution is -2.41. The summed E-state index contributed by atoms with van der Waals surface area (Å²) in [5, 5.41) is 2.96. The average molecular weight is 357 g/mol. The van der Waals surface area contributed by atoms with Crippen LogP contribution in [0.25, 0.3) is 0 Å². The van der Waals surface area contributed by atoms with Gasteiger partial charge >= 0.3 is 0 Å². The molecule has 26 heavy (non-hydrogen) atoms. The fraction of sp³-hybridized carbons (Fsp3) is 0.550. The van der Waals surface area contributed by atoms with E-state index in [0.29, 0.717) is 37.2 Å². The van der Waals surface area contributed by atoms with Crippen LogP contribution >= 0.6 is 0 Å². The van der Waals surface area contributed by atoms with Crippen LogP contribution in [0.5, 0.6) is 0 Å². The van der Waals surface area contributed by atoms with Gasteiger partial charge in [-0.3, -0.25) is 14.4 Å². The molecule has 1 aliphatic heterocycles. The van der Waals surface area contributed by atoms with Gasteiger partial charge in [-0.1, -0.05) is 25.3 Å². The lowest BCUT2D eigenvalue weighted by Gasteiger charge is -2.30. The van der Waals surface area contributed by atoms with Crippen molar-refractivity contribution in [2.45, 2.75) is 44.9 Å². The number of nitrogens with two attached hydrogens (primary N) is 1. The van der Waals surface area contributed by atoms with Crippen molar-refractivity contribution in [3.05, 3.63) is 29.8 Å². The lowest BCUT2D eigenvalue weighted by atomic mass is 9.88. The van der Waals surface area contributed by atoms with E-state index in [1.165, 1.54) is 6.42 Å².